The molecule has 0 radical (unpaired) electrons. The van der Waals surface area contributed by atoms with Crippen LogP contribution >= 0.6 is 0 Å². The van der Waals surface area contributed by atoms with Gasteiger partial charge in [0.1, 0.15) is 5.60 Å². The molecule has 0 saturated carbocycles. The molecule has 1 heterocycles. The summed E-state index contributed by atoms with van der Waals surface area (Å²) < 4.78 is 0. The quantitative estimate of drug-likeness (QED) is 0.447. The topological polar surface area (TPSA) is 98.1 Å². The van der Waals surface area contributed by atoms with Crippen molar-refractivity contribution in [3.63, 3.8) is 0 Å². The number of carbonyl (C=O) groups is 2. The molecule has 1 saturated heterocycles. The first kappa shape index (κ1) is 10.9. The number of likely N-dealkylation sites (tertiary alicyclic amines) is 1. The second-order valence-electron chi connectivity index (χ2n) is 3.52. The molecule has 1 unspecified atom stereocenters. The van der Waals surface area contributed by atoms with Gasteiger partial charge in [0.2, 0.25) is 0 Å². The van der Waals surface area contributed by atoms with E-state index in [0.717, 1.165) is 4.90 Å². The fourth-order valence-electron chi connectivity index (χ4n) is 1.55. The van der Waals surface area contributed by atoms with Crippen molar-refractivity contribution in [2.24, 2.45) is 0 Å². The minimum absolute atomic E-state index is 0.116. The van der Waals surface area contributed by atoms with Gasteiger partial charge >= 0.3 is 11.9 Å². The molecule has 0 aromatic carbocycles. The van der Waals surface area contributed by atoms with Gasteiger partial charge in [-0.15, -0.1) is 0 Å². The first-order valence-corrected chi connectivity index (χ1v) is 4.34. The van der Waals surface area contributed by atoms with Gasteiger partial charge < -0.3 is 20.2 Å². The van der Waals surface area contributed by atoms with E-state index in [1.807, 2.05) is 0 Å². The van der Waals surface area contributed by atoms with Crippen molar-refractivity contribution in [3.8, 4) is 0 Å². The van der Waals surface area contributed by atoms with Gasteiger partial charge in [0.15, 0.2) is 0 Å². The molecule has 0 aromatic heterocycles. The van der Waals surface area contributed by atoms with Crippen LogP contribution in [0.15, 0.2) is 0 Å². The van der Waals surface area contributed by atoms with E-state index >= 15 is 0 Å². The Morgan fingerprint density at radius 3 is 2.57 bits per heavy atom. The maximum absolute atomic E-state index is 11.0. The summed E-state index contributed by atoms with van der Waals surface area (Å²) >= 11 is 0. The largest absolute Gasteiger partial charge is 0.474 e. The standard InChI is InChI=1S/C8H13NO5/c10-5-8(14)2-1-3-9(4-8)6(11)7(12)13/h10,14H,1-5H2,(H,12,13). The van der Waals surface area contributed by atoms with Crippen LogP contribution in [0.1, 0.15) is 12.8 Å². The summed E-state index contributed by atoms with van der Waals surface area (Å²) in [4.78, 5) is 22.4. The number of rotatable bonds is 1. The lowest BCUT2D eigenvalue weighted by molar-refractivity contribution is -0.160. The number of aliphatic hydroxyl groups excluding tert-OH is 1. The van der Waals surface area contributed by atoms with Gasteiger partial charge in [-0.25, -0.2) is 4.79 Å². The van der Waals surface area contributed by atoms with E-state index in [-0.39, 0.29) is 6.54 Å². The summed E-state index contributed by atoms with van der Waals surface area (Å²) in [6.07, 6.45) is 0.878. The van der Waals surface area contributed by atoms with Crippen molar-refractivity contribution in [2.75, 3.05) is 19.7 Å². The van der Waals surface area contributed by atoms with E-state index in [0.29, 0.717) is 19.4 Å². The molecule has 3 N–H and O–H groups in total. The molecular weight excluding hydrogens is 190 g/mol. The molecule has 14 heavy (non-hydrogen) atoms. The van der Waals surface area contributed by atoms with E-state index in [4.69, 9.17) is 10.2 Å². The first-order valence-electron chi connectivity index (χ1n) is 4.34. The highest BCUT2D eigenvalue weighted by atomic mass is 16.4. The molecule has 0 aliphatic carbocycles. The Morgan fingerprint density at radius 2 is 2.07 bits per heavy atom. The molecule has 0 aromatic rings. The lowest BCUT2D eigenvalue weighted by Gasteiger charge is -2.37. The lowest BCUT2D eigenvalue weighted by atomic mass is 9.94. The molecule has 6 heteroatoms. The van der Waals surface area contributed by atoms with Crippen LogP contribution in [0.3, 0.4) is 0 Å². The van der Waals surface area contributed by atoms with E-state index in [1.54, 1.807) is 0 Å². The van der Waals surface area contributed by atoms with Gasteiger partial charge in [0.05, 0.1) is 13.2 Å². The highest BCUT2D eigenvalue weighted by molar-refractivity contribution is 6.31. The van der Waals surface area contributed by atoms with Crippen LogP contribution in [0.25, 0.3) is 0 Å². The number of carboxylic acids is 1. The molecule has 1 fully saturated rings. The van der Waals surface area contributed by atoms with Gasteiger partial charge in [-0.2, -0.15) is 0 Å². The third-order valence-corrected chi connectivity index (χ3v) is 2.32. The molecule has 6 nitrogen and oxygen atoms in total. The summed E-state index contributed by atoms with van der Waals surface area (Å²) in [6, 6.07) is 0. The Kier molecular flexibility index (Phi) is 3.07. The van der Waals surface area contributed by atoms with Crippen molar-refractivity contribution < 1.29 is 24.9 Å². The fourth-order valence-corrected chi connectivity index (χ4v) is 1.55. The normalized spacial score (nSPS) is 27.4. The van der Waals surface area contributed by atoms with E-state index in [9.17, 15) is 14.7 Å². The average Bonchev–Trinajstić information content (AvgIpc) is 2.16. The van der Waals surface area contributed by atoms with Gasteiger partial charge in [-0.05, 0) is 12.8 Å². The number of hydrogen-bond donors (Lipinski definition) is 3. The number of aliphatic hydroxyl groups is 2. The van der Waals surface area contributed by atoms with E-state index in [1.165, 1.54) is 0 Å². The van der Waals surface area contributed by atoms with Crippen LogP contribution in [0.4, 0.5) is 0 Å². The van der Waals surface area contributed by atoms with Crippen molar-refractivity contribution in [3.05, 3.63) is 0 Å². The maximum atomic E-state index is 11.0. The Morgan fingerprint density at radius 1 is 1.43 bits per heavy atom. The Labute approximate surface area is 80.8 Å². The Balaban J connectivity index is 2.65. The molecule has 1 aliphatic rings. The number of aliphatic carboxylic acids is 1. The van der Waals surface area contributed by atoms with Crippen molar-refractivity contribution in [2.45, 2.75) is 18.4 Å². The average molecular weight is 203 g/mol. The Bertz CT molecular complexity index is 254. The number of carbonyl (C=O) groups excluding carboxylic acids is 1. The number of piperidine rings is 1. The summed E-state index contributed by atoms with van der Waals surface area (Å²) in [6.45, 7) is -0.265. The first-order chi connectivity index (χ1) is 6.48. The third-order valence-electron chi connectivity index (χ3n) is 2.32. The zero-order chi connectivity index (χ0) is 10.8. The maximum Gasteiger partial charge on any atom is 0.394 e. The summed E-state index contributed by atoms with van der Waals surface area (Å²) in [5.74, 6) is -2.57. The Hall–Kier alpha value is -1.14. The van der Waals surface area contributed by atoms with Crippen LogP contribution in [0, 0.1) is 0 Å². The molecule has 0 bridgehead atoms. The highest BCUT2D eigenvalue weighted by Crippen LogP contribution is 2.20. The minimum atomic E-state index is -1.54. The second-order valence-corrected chi connectivity index (χ2v) is 3.52. The van der Waals surface area contributed by atoms with E-state index in [2.05, 4.69) is 0 Å². The summed E-state index contributed by atoms with van der Waals surface area (Å²) in [5, 5.41) is 26.9. The molecule has 80 valence electrons. The molecule has 1 amide bonds. The molecule has 0 spiro atoms. The van der Waals surface area contributed by atoms with Crippen LogP contribution < -0.4 is 0 Å². The third kappa shape index (κ3) is 2.21. The molecular formula is C8H13NO5. The van der Waals surface area contributed by atoms with Crippen LogP contribution in [-0.4, -0.2) is 57.4 Å². The highest BCUT2D eigenvalue weighted by Gasteiger charge is 2.36. The van der Waals surface area contributed by atoms with Crippen LogP contribution in [-0.2, 0) is 9.59 Å². The SMILES string of the molecule is O=C(O)C(=O)N1CCCC(O)(CO)C1. The van der Waals surface area contributed by atoms with Gasteiger partial charge in [-0.1, -0.05) is 0 Å². The summed E-state index contributed by atoms with van der Waals surface area (Å²) in [5.41, 5.74) is -1.34. The smallest absolute Gasteiger partial charge is 0.394 e. The van der Waals surface area contributed by atoms with Crippen LogP contribution in [0.5, 0.6) is 0 Å². The van der Waals surface area contributed by atoms with E-state index < -0.39 is 24.1 Å². The molecule has 1 atom stereocenters. The molecule has 1 aliphatic heterocycles. The predicted octanol–water partition coefficient (Wildman–Crippen LogP) is -1.58. The van der Waals surface area contributed by atoms with Crippen LogP contribution in [0.2, 0.25) is 0 Å². The van der Waals surface area contributed by atoms with Crippen molar-refractivity contribution in [1.29, 1.82) is 0 Å². The fraction of sp³-hybridized carbons (Fsp3) is 0.750. The molecule has 1 rings (SSSR count). The summed E-state index contributed by atoms with van der Waals surface area (Å²) in [7, 11) is 0. The number of carboxylic acid groups (broad SMARTS) is 1. The minimum Gasteiger partial charge on any atom is -0.474 e. The predicted molar refractivity (Wildman–Crippen MR) is 45.5 cm³/mol. The number of hydrogen-bond acceptors (Lipinski definition) is 4. The van der Waals surface area contributed by atoms with Crippen molar-refractivity contribution >= 4 is 11.9 Å². The lowest BCUT2D eigenvalue weighted by Crippen LogP contribution is -2.53. The van der Waals surface area contributed by atoms with Gasteiger partial charge in [-0.3, -0.25) is 4.79 Å². The number of β-amino-alcohol motifs (C(OH)–C–C–N with tert-alkyl or cyclic N) is 1. The second kappa shape index (κ2) is 3.93. The zero-order valence-electron chi connectivity index (χ0n) is 7.64. The van der Waals surface area contributed by atoms with Crippen molar-refractivity contribution in [1.82, 2.24) is 4.90 Å². The van der Waals surface area contributed by atoms with Gasteiger partial charge in [0, 0.05) is 6.54 Å². The monoisotopic (exact) mass is 203 g/mol. The number of amides is 1. The van der Waals surface area contributed by atoms with Gasteiger partial charge in [0.25, 0.3) is 0 Å². The zero-order valence-corrected chi connectivity index (χ0v) is 7.64. The number of nitrogens with zero attached hydrogens (tertiary/aromatic N) is 1.